The quantitative estimate of drug-likeness (QED) is 0.417. The van der Waals surface area contributed by atoms with Gasteiger partial charge in [0, 0.05) is 25.9 Å². The molecule has 0 aliphatic carbocycles. The summed E-state index contributed by atoms with van der Waals surface area (Å²) in [5.41, 5.74) is 0. The molecule has 0 fully saturated rings. The van der Waals surface area contributed by atoms with Crippen molar-refractivity contribution >= 4 is 24.0 Å². The van der Waals surface area contributed by atoms with E-state index in [-0.39, 0.29) is 49.9 Å². The molecule has 0 spiro atoms. The van der Waals surface area contributed by atoms with E-state index in [4.69, 9.17) is 0 Å². The third kappa shape index (κ3) is 16.1. The SMILES string of the molecule is I.[CH2-]CCCC(F)(F)F.[Zn]. The molecule has 0 rings (SSSR count). The number of hydrogen-bond donors (Lipinski definition) is 0. The summed E-state index contributed by atoms with van der Waals surface area (Å²) in [5.74, 6) is 0. The molecule has 0 aromatic carbocycles. The van der Waals surface area contributed by atoms with Crippen molar-refractivity contribution in [3.63, 3.8) is 0 Å². The molecule has 0 nitrogen and oxygen atoms in total. The van der Waals surface area contributed by atoms with E-state index in [0.29, 0.717) is 6.42 Å². The van der Waals surface area contributed by atoms with Crippen molar-refractivity contribution in [2.24, 2.45) is 0 Å². The van der Waals surface area contributed by atoms with Crippen molar-refractivity contribution in [2.45, 2.75) is 25.4 Å². The number of hydrogen-bond acceptors (Lipinski definition) is 0. The van der Waals surface area contributed by atoms with Gasteiger partial charge in [-0.05, 0) is 0 Å². The van der Waals surface area contributed by atoms with Crippen molar-refractivity contribution in [2.75, 3.05) is 0 Å². The second-order valence-corrected chi connectivity index (χ2v) is 1.57. The van der Waals surface area contributed by atoms with Gasteiger partial charge >= 0.3 is 6.18 Å². The van der Waals surface area contributed by atoms with E-state index >= 15 is 0 Å². The summed E-state index contributed by atoms with van der Waals surface area (Å²) in [6.45, 7) is 3.29. The number of unbranched alkanes of at least 4 members (excludes halogenated alkanes) is 1. The van der Waals surface area contributed by atoms with Crippen LogP contribution in [0.25, 0.3) is 0 Å². The van der Waals surface area contributed by atoms with Crippen molar-refractivity contribution in [3.05, 3.63) is 6.92 Å². The maximum absolute atomic E-state index is 11.2. The molecule has 0 saturated heterocycles. The first-order valence-electron chi connectivity index (χ1n) is 2.42. The second-order valence-electron chi connectivity index (χ2n) is 1.57. The standard InChI is InChI=1S/C5H8F3.HI.Zn/c1-2-3-4-5(6,7)8;;/h1-4H2;1H;/q-1;;. The third-order valence-electron chi connectivity index (χ3n) is 0.710. The second kappa shape index (κ2) is 8.24. The van der Waals surface area contributed by atoms with E-state index in [1.54, 1.807) is 0 Å². The minimum absolute atomic E-state index is 0. The van der Waals surface area contributed by atoms with Gasteiger partial charge < -0.3 is 6.92 Å². The van der Waals surface area contributed by atoms with Gasteiger partial charge in [-0.3, -0.25) is 0 Å². The summed E-state index contributed by atoms with van der Waals surface area (Å²) in [5, 5.41) is 0. The zero-order valence-corrected chi connectivity index (χ0v) is 10.9. The van der Waals surface area contributed by atoms with Gasteiger partial charge in [-0.15, -0.1) is 24.0 Å². The summed E-state index contributed by atoms with van der Waals surface area (Å²) in [6.07, 6.45) is -4.18. The Morgan fingerprint density at radius 2 is 1.60 bits per heavy atom. The van der Waals surface area contributed by atoms with E-state index < -0.39 is 12.6 Å². The minimum Gasteiger partial charge on any atom is -0.343 e. The van der Waals surface area contributed by atoms with Gasteiger partial charge in [0.25, 0.3) is 0 Å². The molecule has 0 unspecified atom stereocenters. The van der Waals surface area contributed by atoms with E-state index in [1.807, 2.05) is 0 Å². The van der Waals surface area contributed by atoms with Crippen LogP contribution < -0.4 is 0 Å². The molecule has 5 heteroatoms. The Balaban J connectivity index is -0.000000245. The molecule has 0 bridgehead atoms. The maximum atomic E-state index is 11.2. The first-order valence-corrected chi connectivity index (χ1v) is 2.42. The van der Waals surface area contributed by atoms with Crippen LogP contribution in [0.3, 0.4) is 0 Å². The molecule has 0 N–H and O–H groups in total. The predicted octanol–water partition coefficient (Wildman–Crippen LogP) is 3.17. The van der Waals surface area contributed by atoms with Crippen molar-refractivity contribution in [1.82, 2.24) is 0 Å². The molecular weight excluding hydrogens is 309 g/mol. The third-order valence-corrected chi connectivity index (χ3v) is 0.710. The number of rotatable bonds is 2. The topological polar surface area (TPSA) is 0 Å². The van der Waals surface area contributed by atoms with Crippen LogP contribution in [0.4, 0.5) is 13.2 Å². The van der Waals surface area contributed by atoms with Gasteiger partial charge in [0.05, 0.1) is 0 Å². The van der Waals surface area contributed by atoms with E-state index in [9.17, 15) is 13.2 Å². The Bertz CT molecular complexity index is 64.4. The van der Waals surface area contributed by atoms with Crippen LogP contribution in [0, 0.1) is 6.92 Å². The molecule has 0 amide bonds. The zero-order valence-electron chi connectivity index (χ0n) is 5.58. The molecule has 0 aromatic heterocycles. The minimum atomic E-state index is -3.99. The fourth-order valence-electron chi connectivity index (χ4n) is 0.325. The van der Waals surface area contributed by atoms with Gasteiger partial charge in [0.15, 0.2) is 0 Å². The summed E-state index contributed by atoms with van der Waals surface area (Å²) in [7, 11) is 0. The van der Waals surface area contributed by atoms with Crippen molar-refractivity contribution in [3.8, 4) is 0 Å². The van der Waals surface area contributed by atoms with Crippen molar-refractivity contribution < 1.29 is 32.6 Å². The molecule has 0 heterocycles. The van der Waals surface area contributed by atoms with Gasteiger partial charge in [-0.1, -0.05) is 6.42 Å². The van der Waals surface area contributed by atoms with Gasteiger partial charge in [-0.25, -0.2) is 0 Å². The predicted molar refractivity (Wildman–Crippen MR) is 40.7 cm³/mol. The molecule has 0 atom stereocenters. The van der Waals surface area contributed by atoms with Crippen LogP contribution in [0.2, 0.25) is 0 Å². The Labute approximate surface area is 88.7 Å². The molecule has 0 saturated carbocycles. The van der Waals surface area contributed by atoms with Gasteiger partial charge in [0.1, 0.15) is 0 Å². The van der Waals surface area contributed by atoms with Crippen LogP contribution in [0.1, 0.15) is 19.3 Å². The summed E-state index contributed by atoms with van der Waals surface area (Å²) in [4.78, 5) is 0. The van der Waals surface area contributed by atoms with E-state index in [2.05, 4.69) is 6.92 Å². The summed E-state index contributed by atoms with van der Waals surface area (Å²) >= 11 is 0. The first-order chi connectivity index (χ1) is 3.56. The Kier molecular flexibility index (Phi) is 14.2. The molecule has 0 radical (unpaired) electrons. The molecule has 0 aromatic rings. The first kappa shape index (κ1) is 17.3. The summed E-state index contributed by atoms with van der Waals surface area (Å²) < 4.78 is 33.6. The van der Waals surface area contributed by atoms with Crippen molar-refractivity contribution in [1.29, 1.82) is 0 Å². The van der Waals surface area contributed by atoms with E-state index in [0.717, 1.165) is 0 Å². The Hall–Kier alpha value is 1.14. The average Bonchev–Trinajstić information content (AvgIpc) is 1.59. The van der Waals surface area contributed by atoms with Crippen LogP contribution in [0.15, 0.2) is 0 Å². The Morgan fingerprint density at radius 1 is 1.20 bits per heavy atom. The van der Waals surface area contributed by atoms with Gasteiger partial charge in [-0.2, -0.15) is 19.6 Å². The smallest absolute Gasteiger partial charge is 0.343 e. The van der Waals surface area contributed by atoms with Gasteiger partial charge in [0.2, 0.25) is 0 Å². The monoisotopic (exact) mass is 317 g/mol. The number of alkyl halides is 3. The van der Waals surface area contributed by atoms with Crippen LogP contribution in [-0.2, 0) is 19.5 Å². The molecule has 10 heavy (non-hydrogen) atoms. The maximum Gasteiger partial charge on any atom is 0.389 e. The normalized spacial score (nSPS) is 9.60. The average molecular weight is 318 g/mol. The molecule has 60 valence electrons. The molecule has 0 aliphatic rings. The largest absolute Gasteiger partial charge is 0.389 e. The number of halogens is 4. The van der Waals surface area contributed by atoms with Crippen LogP contribution >= 0.6 is 24.0 Å². The fourth-order valence-corrected chi connectivity index (χ4v) is 0.325. The molecule has 0 aliphatic heterocycles. The fraction of sp³-hybridized carbons (Fsp3) is 0.800. The summed E-state index contributed by atoms with van der Waals surface area (Å²) in [6, 6.07) is 0. The Morgan fingerprint density at radius 3 is 1.70 bits per heavy atom. The van der Waals surface area contributed by atoms with Crippen LogP contribution in [0.5, 0.6) is 0 Å². The zero-order chi connectivity index (χ0) is 6.62. The molecular formula is C5H9F3IZn-. The van der Waals surface area contributed by atoms with E-state index in [1.165, 1.54) is 0 Å². The van der Waals surface area contributed by atoms with Crippen LogP contribution in [-0.4, -0.2) is 6.18 Å².